The largest absolute Gasteiger partial charge is 0.460 e. The fourth-order valence-corrected chi connectivity index (χ4v) is 6.94. The van der Waals surface area contributed by atoms with Crippen LogP contribution in [0.1, 0.15) is 52.4 Å². The average Bonchev–Trinajstić information content (AvgIpc) is 2.97. The summed E-state index contributed by atoms with van der Waals surface area (Å²) in [6.07, 6.45) is 12.0. The first-order valence-electron chi connectivity index (χ1n) is 9.92. The standard InChI is InChI=1S/C22H28O4/c1-21-9-7-15(24)11-14(21)3-4-16-17-5-6-19(20(25)12-26-13-23)22(17,2)10-8-18(16)21/h7,9,11,13,16-19H,3-6,8,10,12H2,1-2H3/t16-,17-,18-,19+,21-,22-/m0/s1. The Morgan fingerprint density at radius 2 is 2.04 bits per heavy atom. The van der Waals surface area contributed by atoms with Gasteiger partial charge in [0, 0.05) is 11.3 Å². The molecule has 3 fully saturated rings. The maximum atomic E-state index is 12.6. The second-order valence-electron chi connectivity index (χ2n) is 9.15. The predicted octanol–water partition coefficient (Wildman–Crippen LogP) is 3.65. The summed E-state index contributed by atoms with van der Waals surface area (Å²) in [4.78, 5) is 34.9. The Hall–Kier alpha value is -1.71. The van der Waals surface area contributed by atoms with E-state index >= 15 is 0 Å². The molecule has 0 heterocycles. The minimum atomic E-state index is -0.0833. The van der Waals surface area contributed by atoms with E-state index in [-0.39, 0.29) is 34.9 Å². The maximum absolute atomic E-state index is 12.6. The molecular weight excluding hydrogens is 328 g/mol. The van der Waals surface area contributed by atoms with Gasteiger partial charge >= 0.3 is 0 Å². The molecule has 0 bridgehead atoms. The summed E-state index contributed by atoms with van der Waals surface area (Å²) in [6, 6.07) is 0. The second-order valence-corrected chi connectivity index (χ2v) is 9.15. The third-order valence-corrected chi connectivity index (χ3v) is 8.24. The van der Waals surface area contributed by atoms with E-state index in [2.05, 4.69) is 19.9 Å². The van der Waals surface area contributed by atoms with E-state index in [1.807, 2.05) is 6.08 Å². The van der Waals surface area contributed by atoms with Gasteiger partial charge in [-0.15, -0.1) is 0 Å². The Morgan fingerprint density at radius 1 is 1.23 bits per heavy atom. The van der Waals surface area contributed by atoms with E-state index < -0.39 is 0 Å². The summed E-state index contributed by atoms with van der Waals surface area (Å²) in [6.45, 7) is 4.88. The van der Waals surface area contributed by atoms with Crippen molar-refractivity contribution < 1.29 is 19.1 Å². The van der Waals surface area contributed by atoms with Crippen LogP contribution in [0, 0.1) is 34.5 Å². The van der Waals surface area contributed by atoms with Crippen molar-refractivity contribution in [2.45, 2.75) is 52.4 Å². The fourth-order valence-electron chi connectivity index (χ4n) is 6.94. The van der Waals surface area contributed by atoms with Gasteiger partial charge in [-0.1, -0.05) is 25.5 Å². The first kappa shape index (κ1) is 17.7. The van der Waals surface area contributed by atoms with E-state index in [4.69, 9.17) is 4.74 Å². The van der Waals surface area contributed by atoms with Gasteiger partial charge in [-0.2, -0.15) is 0 Å². The maximum Gasteiger partial charge on any atom is 0.293 e. The number of ketones is 2. The van der Waals surface area contributed by atoms with Gasteiger partial charge in [-0.3, -0.25) is 14.4 Å². The molecule has 0 saturated heterocycles. The number of rotatable bonds is 4. The van der Waals surface area contributed by atoms with Crippen LogP contribution in [-0.2, 0) is 19.1 Å². The number of hydrogen-bond acceptors (Lipinski definition) is 4. The molecule has 0 amide bonds. The van der Waals surface area contributed by atoms with E-state index in [1.54, 1.807) is 6.08 Å². The van der Waals surface area contributed by atoms with Crippen LogP contribution < -0.4 is 0 Å². The Balaban J connectivity index is 1.59. The van der Waals surface area contributed by atoms with Crippen molar-refractivity contribution in [3.8, 4) is 0 Å². The molecule has 0 aliphatic heterocycles. The lowest BCUT2D eigenvalue weighted by atomic mass is 9.47. The van der Waals surface area contributed by atoms with Crippen LogP contribution in [0.2, 0.25) is 0 Å². The van der Waals surface area contributed by atoms with Gasteiger partial charge in [0.2, 0.25) is 0 Å². The van der Waals surface area contributed by atoms with Gasteiger partial charge < -0.3 is 4.74 Å². The SMILES string of the molecule is C[C@]12CC[C@H]3[C@@H](CCC4=CC(=O)C=C[C@@]43C)[C@@H]1CC[C@@H]2C(=O)COC=O. The third kappa shape index (κ3) is 2.44. The van der Waals surface area contributed by atoms with Crippen molar-refractivity contribution in [2.75, 3.05) is 6.61 Å². The fraction of sp³-hybridized carbons (Fsp3) is 0.682. The third-order valence-electron chi connectivity index (χ3n) is 8.24. The Labute approximate surface area is 155 Å². The van der Waals surface area contributed by atoms with E-state index in [0.717, 1.165) is 38.5 Å². The second kappa shape index (κ2) is 6.17. The van der Waals surface area contributed by atoms with Crippen LogP contribution in [0.3, 0.4) is 0 Å². The topological polar surface area (TPSA) is 60.4 Å². The Bertz CT molecular complexity index is 705. The number of Topliss-reactive ketones (excluding diaryl/α,β-unsaturated/α-hetero) is 1. The average molecular weight is 356 g/mol. The summed E-state index contributed by atoms with van der Waals surface area (Å²) in [5.41, 5.74) is 1.33. The summed E-state index contributed by atoms with van der Waals surface area (Å²) in [5, 5.41) is 0. The molecule has 0 aromatic rings. The molecule has 140 valence electrons. The lowest BCUT2D eigenvalue weighted by Crippen LogP contribution is -2.50. The molecule has 0 unspecified atom stereocenters. The molecule has 4 aliphatic carbocycles. The zero-order chi connectivity index (χ0) is 18.5. The van der Waals surface area contributed by atoms with Crippen molar-refractivity contribution in [3.63, 3.8) is 0 Å². The number of allylic oxidation sites excluding steroid dienone is 4. The van der Waals surface area contributed by atoms with Crippen LogP contribution in [0.25, 0.3) is 0 Å². The zero-order valence-corrected chi connectivity index (χ0v) is 15.7. The quantitative estimate of drug-likeness (QED) is 0.722. The monoisotopic (exact) mass is 356 g/mol. The minimum Gasteiger partial charge on any atom is -0.460 e. The zero-order valence-electron chi connectivity index (χ0n) is 15.7. The summed E-state index contributed by atoms with van der Waals surface area (Å²) >= 11 is 0. The van der Waals surface area contributed by atoms with Gasteiger partial charge in [0.25, 0.3) is 6.47 Å². The highest BCUT2D eigenvalue weighted by atomic mass is 16.5. The minimum absolute atomic E-state index is 0.000874. The summed E-state index contributed by atoms with van der Waals surface area (Å²) < 4.78 is 4.76. The molecule has 0 radical (unpaired) electrons. The number of carbonyl (C=O) groups is 3. The van der Waals surface area contributed by atoms with Gasteiger partial charge in [-0.25, -0.2) is 0 Å². The molecule has 0 aromatic heterocycles. The highest BCUT2D eigenvalue weighted by Crippen LogP contribution is 2.66. The lowest BCUT2D eigenvalue weighted by molar-refractivity contribution is -0.141. The van der Waals surface area contributed by atoms with Crippen molar-refractivity contribution in [1.82, 2.24) is 0 Å². The first-order chi connectivity index (χ1) is 12.4. The smallest absolute Gasteiger partial charge is 0.293 e. The van der Waals surface area contributed by atoms with Crippen molar-refractivity contribution in [1.29, 1.82) is 0 Å². The van der Waals surface area contributed by atoms with Crippen LogP contribution in [0.5, 0.6) is 0 Å². The number of fused-ring (bicyclic) bond motifs is 5. The van der Waals surface area contributed by atoms with Crippen LogP contribution in [0.15, 0.2) is 23.8 Å². The molecule has 4 nitrogen and oxygen atoms in total. The molecule has 3 saturated carbocycles. The molecule has 4 rings (SSSR count). The predicted molar refractivity (Wildman–Crippen MR) is 97.1 cm³/mol. The van der Waals surface area contributed by atoms with Crippen LogP contribution in [-0.4, -0.2) is 24.6 Å². The first-order valence-corrected chi connectivity index (χ1v) is 9.92. The van der Waals surface area contributed by atoms with Gasteiger partial charge in [0.1, 0.15) is 6.61 Å². The van der Waals surface area contributed by atoms with E-state index in [0.29, 0.717) is 24.2 Å². The molecule has 0 N–H and O–H groups in total. The number of carbonyl (C=O) groups excluding carboxylic acids is 3. The van der Waals surface area contributed by atoms with Crippen molar-refractivity contribution in [2.24, 2.45) is 34.5 Å². The summed E-state index contributed by atoms with van der Waals surface area (Å²) in [5.74, 6) is 1.95. The molecule has 26 heavy (non-hydrogen) atoms. The Morgan fingerprint density at radius 3 is 2.81 bits per heavy atom. The summed E-state index contributed by atoms with van der Waals surface area (Å²) in [7, 11) is 0. The van der Waals surface area contributed by atoms with Gasteiger partial charge in [-0.05, 0) is 73.8 Å². The normalized spacial score (nSPS) is 43.8. The lowest BCUT2D eigenvalue weighted by Gasteiger charge is -2.56. The molecule has 0 aromatic carbocycles. The van der Waals surface area contributed by atoms with E-state index in [9.17, 15) is 14.4 Å². The highest BCUT2D eigenvalue weighted by Gasteiger charge is 2.59. The van der Waals surface area contributed by atoms with Gasteiger partial charge in [0.15, 0.2) is 11.6 Å². The number of ether oxygens (including phenoxy) is 1. The van der Waals surface area contributed by atoms with Crippen LogP contribution in [0.4, 0.5) is 0 Å². The Kier molecular flexibility index (Phi) is 4.20. The van der Waals surface area contributed by atoms with E-state index in [1.165, 1.54) is 5.57 Å². The molecular formula is C22H28O4. The van der Waals surface area contributed by atoms with Crippen molar-refractivity contribution >= 4 is 18.0 Å². The molecule has 6 atom stereocenters. The molecule has 0 spiro atoms. The van der Waals surface area contributed by atoms with Crippen molar-refractivity contribution in [3.05, 3.63) is 23.8 Å². The highest BCUT2D eigenvalue weighted by molar-refractivity contribution is 6.01. The van der Waals surface area contributed by atoms with Gasteiger partial charge in [0.05, 0.1) is 0 Å². The molecule has 4 aliphatic rings. The molecule has 4 heteroatoms. The van der Waals surface area contributed by atoms with Crippen LogP contribution >= 0.6 is 0 Å². The number of hydrogen-bond donors (Lipinski definition) is 0.